The number of rotatable bonds is 6. The zero-order valence-electron chi connectivity index (χ0n) is 14.9. The van der Waals surface area contributed by atoms with Crippen LogP contribution in [0.1, 0.15) is 16.3 Å². The van der Waals surface area contributed by atoms with Gasteiger partial charge < -0.3 is 14.5 Å². The van der Waals surface area contributed by atoms with Gasteiger partial charge in [0.25, 0.3) is 5.91 Å². The van der Waals surface area contributed by atoms with E-state index in [-0.39, 0.29) is 5.76 Å². The van der Waals surface area contributed by atoms with Crippen molar-refractivity contribution in [3.63, 3.8) is 0 Å². The molecule has 140 valence electrons. The van der Waals surface area contributed by atoms with Crippen LogP contribution in [0.5, 0.6) is 0 Å². The van der Waals surface area contributed by atoms with Gasteiger partial charge in [-0.3, -0.25) is 9.48 Å². The lowest BCUT2D eigenvalue weighted by atomic mass is 10.1. The van der Waals surface area contributed by atoms with Crippen molar-refractivity contribution in [1.82, 2.24) is 9.78 Å². The lowest BCUT2D eigenvalue weighted by Crippen LogP contribution is -2.20. The van der Waals surface area contributed by atoms with Crippen LogP contribution in [0.25, 0.3) is 10.8 Å². The van der Waals surface area contributed by atoms with E-state index in [2.05, 4.69) is 10.4 Å². The van der Waals surface area contributed by atoms with Gasteiger partial charge >= 0.3 is 5.97 Å². The van der Waals surface area contributed by atoms with Gasteiger partial charge in [0.1, 0.15) is 5.76 Å². The minimum Gasteiger partial charge on any atom is -0.452 e. The summed E-state index contributed by atoms with van der Waals surface area (Å²) in [6.45, 7) is -0.000901. The monoisotopic (exact) mass is 375 g/mol. The highest BCUT2D eigenvalue weighted by Gasteiger charge is 2.15. The summed E-state index contributed by atoms with van der Waals surface area (Å²) in [6.07, 6.45) is 3.45. The number of nitrogens with one attached hydrogen (secondary N) is 1. The van der Waals surface area contributed by atoms with E-state index < -0.39 is 18.5 Å². The van der Waals surface area contributed by atoms with Crippen LogP contribution < -0.4 is 5.32 Å². The molecule has 7 heteroatoms. The van der Waals surface area contributed by atoms with Gasteiger partial charge in [-0.15, -0.1) is 0 Å². The molecule has 2 aromatic carbocycles. The molecule has 0 saturated heterocycles. The number of anilines is 1. The highest BCUT2D eigenvalue weighted by Crippen LogP contribution is 2.22. The fourth-order valence-electron chi connectivity index (χ4n) is 2.85. The molecular weight excluding hydrogens is 358 g/mol. The first kappa shape index (κ1) is 17.5. The molecule has 2 aromatic heterocycles. The van der Waals surface area contributed by atoms with Crippen LogP contribution in [0.3, 0.4) is 0 Å². The lowest BCUT2D eigenvalue weighted by molar-refractivity contribution is -0.119. The second-order valence-electron chi connectivity index (χ2n) is 6.12. The quantitative estimate of drug-likeness (QED) is 0.522. The third-order valence-electron chi connectivity index (χ3n) is 4.14. The van der Waals surface area contributed by atoms with Gasteiger partial charge in [0.15, 0.2) is 6.61 Å². The van der Waals surface area contributed by atoms with Gasteiger partial charge in [-0.1, -0.05) is 36.4 Å². The molecule has 0 radical (unpaired) electrons. The van der Waals surface area contributed by atoms with Crippen molar-refractivity contribution in [3.8, 4) is 0 Å². The Hall–Kier alpha value is -3.87. The average Bonchev–Trinajstić information content (AvgIpc) is 3.39. The summed E-state index contributed by atoms with van der Waals surface area (Å²) >= 11 is 0. The van der Waals surface area contributed by atoms with Crippen molar-refractivity contribution >= 4 is 28.3 Å². The average molecular weight is 375 g/mol. The Balaban J connectivity index is 1.34. The van der Waals surface area contributed by atoms with Crippen LogP contribution in [0.2, 0.25) is 0 Å². The molecule has 0 aliphatic heterocycles. The maximum Gasteiger partial charge on any atom is 0.374 e. The minimum atomic E-state index is -0.695. The number of esters is 1. The number of fused-ring (bicyclic) bond motifs is 1. The lowest BCUT2D eigenvalue weighted by Gasteiger charge is -2.09. The van der Waals surface area contributed by atoms with Crippen molar-refractivity contribution < 1.29 is 18.7 Å². The second kappa shape index (κ2) is 7.79. The number of aromatic nitrogens is 2. The minimum absolute atomic E-state index is 0.0418. The van der Waals surface area contributed by atoms with Gasteiger partial charge in [0.2, 0.25) is 5.76 Å². The van der Waals surface area contributed by atoms with E-state index in [9.17, 15) is 9.59 Å². The number of carbonyl (C=O) groups excluding carboxylic acids is 2. The summed E-state index contributed by atoms with van der Waals surface area (Å²) in [6, 6.07) is 18.3. The van der Waals surface area contributed by atoms with E-state index in [4.69, 9.17) is 9.15 Å². The number of amides is 1. The Morgan fingerprint density at radius 3 is 2.75 bits per heavy atom. The summed E-state index contributed by atoms with van der Waals surface area (Å²) in [5, 5.41) is 8.77. The molecule has 0 fully saturated rings. The van der Waals surface area contributed by atoms with Crippen LogP contribution in [-0.4, -0.2) is 28.3 Å². The first-order chi connectivity index (χ1) is 13.7. The fourth-order valence-corrected chi connectivity index (χ4v) is 2.85. The van der Waals surface area contributed by atoms with Crippen molar-refractivity contribution in [3.05, 3.63) is 84.6 Å². The van der Waals surface area contributed by atoms with Crippen LogP contribution in [0.4, 0.5) is 5.69 Å². The molecular formula is C21H17N3O4. The van der Waals surface area contributed by atoms with Gasteiger partial charge in [0.05, 0.1) is 6.54 Å². The predicted octanol–water partition coefficient (Wildman–Crippen LogP) is 3.47. The largest absolute Gasteiger partial charge is 0.452 e. The first-order valence-electron chi connectivity index (χ1n) is 8.70. The van der Waals surface area contributed by atoms with E-state index in [1.54, 1.807) is 35.3 Å². The predicted molar refractivity (Wildman–Crippen MR) is 103 cm³/mol. The van der Waals surface area contributed by atoms with Gasteiger partial charge in [-0.25, -0.2) is 4.79 Å². The van der Waals surface area contributed by atoms with Crippen LogP contribution in [-0.2, 0) is 16.1 Å². The Morgan fingerprint density at radius 1 is 1.04 bits per heavy atom. The molecule has 0 atom stereocenters. The third kappa shape index (κ3) is 3.93. The molecule has 0 aliphatic rings. The molecule has 4 rings (SSSR count). The third-order valence-corrected chi connectivity index (χ3v) is 4.14. The molecule has 0 saturated carbocycles. The normalized spacial score (nSPS) is 10.7. The first-order valence-corrected chi connectivity index (χ1v) is 8.70. The van der Waals surface area contributed by atoms with Gasteiger partial charge in [-0.05, 0) is 29.7 Å². The number of nitrogens with zero attached hydrogens (tertiary/aromatic N) is 2. The van der Waals surface area contributed by atoms with Crippen molar-refractivity contribution in [2.45, 2.75) is 6.54 Å². The van der Waals surface area contributed by atoms with E-state index >= 15 is 0 Å². The number of benzene rings is 2. The van der Waals surface area contributed by atoms with Crippen LogP contribution in [0.15, 0.2) is 77.5 Å². The molecule has 0 aliphatic carbocycles. The Kier molecular flexibility index (Phi) is 4.88. The highest BCUT2D eigenvalue weighted by atomic mass is 16.5. The molecule has 0 spiro atoms. The molecule has 0 bridgehead atoms. The van der Waals surface area contributed by atoms with Crippen LogP contribution in [0, 0.1) is 0 Å². The zero-order valence-corrected chi connectivity index (χ0v) is 14.9. The van der Waals surface area contributed by atoms with E-state index in [1.807, 2.05) is 36.4 Å². The maximum atomic E-state index is 12.2. The van der Waals surface area contributed by atoms with E-state index in [0.29, 0.717) is 18.0 Å². The standard InChI is InChI=1S/C21H17N3O4/c25-20(23-18-8-3-6-15-5-1-2-7-17(15)18)14-27-21(26)19-10-9-16(28-19)13-24-12-4-11-22-24/h1-12H,13-14H2,(H,23,25). The molecule has 1 amide bonds. The maximum absolute atomic E-state index is 12.2. The topological polar surface area (TPSA) is 86.4 Å². The second-order valence-corrected chi connectivity index (χ2v) is 6.12. The smallest absolute Gasteiger partial charge is 0.374 e. The Bertz CT molecular complexity index is 1110. The van der Waals surface area contributed by atoms with Gasteiger partial charge in [0, 0.05) is 23.5 Å². The fraction of sp³-hybridized carbons (Fsp3) is 0.0952. The highest BCUT2D eigenvalue weighted by molar-refractivity contribution is 6.03. The molecule has 4 aromatic rings. The van der Waals surface area contributed by atoms with Crippen molar-refractivity contribution in [2.24, 2.45) is 0 Å². The zero-order chi connectivity index (χ0) is 19.3. The van der Waals surface area contributed by atoms with Crippen LogP contribution >= 0.6 is 0 Å². The summed E-state index contributed by atoms with van der Waals surface area (Å²) in [5.74, 6) is -0.510. The Labute approximate surface area is 160 Å². The summed E-state index contributed by atoms with van der Waals surface area (Å²) in [5.41, 5.74) is 0.665. The molecule has 28 heavy (non-hydrogen) atoms. The van der Waals surface area contributed by atoms with Gasteiger partial charge in [-0.2, -0.15) is 5.10 Å². The summed E-state index contributed by atoms with van der Waals surface area (Å²) < 4.78 is 12.2. The van der Waals surface area contributed by atoms with Crippen molar-refractivity contribution in [2.75, 3.05) is 11.9 Å². The number of hydrogen-bond acceptors (Lipinski definition) is 5. The molecule has 1 N–H and O–H groups in total. The van der Waals surface area contributed by atoms with E-state index in [0.717, 1.165) is 10.8 Å². The van der Waals surface area contributed by atoms with Crippen molar-refractivity contribution in [1.29, 1.82) is 0 Å². The number of carbonyl (C=O) groups is 2. The molecule has 0 unspecified atom stereocenters. The summed E-state index contributed by atoms with van der Waals surface area (Å²) in [4.78, 5) is 24.3. The molecule has 7 nitrogen and oxygen atoms in total. The van der Waals surface area contributed by atoms with E-state index in [1.165, 1.54) is 6.07 Å². The molecule has 2 heterocycles. The Morgan fingerprint density at radius 2 is 1.89 bits per heavy atom. The summed E-state index contributed by atoms with van der Waals surface area (Å²) in [7, 11) is 0. The number of ether oxygens (including phenoxy) is 1. The number of furan rings is 1. The SMILES string of the molecule is O=C(COC(=O)c1ccc(Cn2cccn2)o1)Nc1cccc2ccccc12. The number of hydrogen-bond donors (Lipinski definition) is 1.